The van der Waals surface area contributed by atoms with Gasteiger partial charge in [-0.1, -0.05) is 331 Å². The minimum absolute atomic E-state index is 0.0784. The van der Waals surface area contributed by atoms with Crippen LogP contribution in [0.25, 0.3) is 0 Å². The van der Waals surface area contributed by atoms with Gasteiger partial charge < -0.3 is 33.8 Å². The van der Waals surface area contributed by atoms with E-state index in [-0.39, 0.29) is 25.7 Å². The molecule has 0 spiro atoms. The van der Waals surface area contributed by atoms with Crippen molar-refractivity contribution >= 4 is 39.5 Å². The molecule has 17 nitrogen and oxygen atoms in total. The average Bonchev–Trinajstić information content (AvgIpc) is 0.906. The molecule has 0 fully saturated rings. The van der Waals surface area contributed by atoms with E-state index >= 15 is 0 Å². The number of hydrogen-bond donors (Lipinski definition) is 3. The Hall–Kier alpha value is -3.76. The maximum absolute atomic E-state index is 13.1. The molecule has 604 valence electrons. The second-order valence-electron chi connectivity index (χ2n) is 28.1. The van der Waals surface area contributed by atoms with Gasteiger partial charge in [0.1, 0.15) is 19.3 Å². The Morgan fingerprint density at radius 1 is 0.279 bits per heavy atom. The molecule has 0 heterocycles. The first kappa shape index (κ1) is 100. The molecule has 0 saturated carbocycles. The molecule has 5 atom stereocenters. The van der Waals surface area contributed by atoms with Gasteiger partial charge in [-0.05, 0) is 103 Å². The number of phosphoric ester groups is 2. The van der Waals surface area contributed by atoms with Crippen molar-refractivity contribution in [3.8, 4) is 0 Å². The number of aliphatic hydroxyl groups is 1. The molecule has 104 heavy (non-hydrogen) atoms. The van der Waals surface area contributed by atoms with E-state index in [4.69, 9.17) is 37.0 Å². The van der Waals surface area contributed by atoms with Crippen LogP contribution >= 0.6 is 15.6 Å². The molecule has 0 amide bonds. The Balaban J connectivity index is 5.35. The monoisotopic (exact) mass is 1510 g/mol. The Bertz CT molecular complexity index is 2300. The second kappa shape index (κ2) is 77.4. The fourth-order valence-electron chi connectivity index (χ4n) is 11.5. The Morgan fingerprint density at radius 3 is 0.788 bits per heavy atom. The van der Waals surface area contributed by atoms with Crippen LogP contribution in [-0.2, 0) is 65.4 Å². The summed E-state index contributed by atoms with van der Waals surface area (Å²) in [6.07, 6.45) is 81.1. The molecule has 0 aliphatic heterocycles. The van der Waals surface area contributed by atoms with Crippen LogP contribution in [0, 0.1) is 0 Å². The van der Waals surface area contributed by atoms with Gasteiger partial charge in [-0.3, -0.25) is 37.3 Å². The number of allylic oxidation sites excluding steroid dienone is 14. The summed E-state index contributed by atoms with van der Waals surface area (Å²) in [6, 6.07) is 0. The van der Waals surface area contributed by atoms with Crippen LogP contribution in [0.15, 0.2) is 85.1 Å². The molecule has 0 bridgehead atoms. The molecule has 3 N–H and O–H groups in total. The van der Waals surface area contributed by atoms with Crippen molar-refractivity contribution in [3.63, 3.8) is 0 Å². The van der Waals surface area contributed by atoms with Crippen molar-refractivity contribution in [2.24, 2.45) is 0 Å². The second-order valence-corrected chi connectivity index (χ2v) is 31.0. The van der Waals surface area contributed by atoms with Crippen molar-refractivity contribution in [1.82, 2.24) is 0 Å². The Kier molecular flexibility index (Phi) is 74.6. The molecule has 0 rings (SSSR count). The molecule has 19 heteroatoms. The molecule has 5 unspecified atom stereocenters. The molecule has 0 aromatic heterocycles. The molecule has 0 aliphatic rings. The predicted octanol–water partition coefficient (Wildman–Crippen LogP) is 24.6. The van der Waals surface area contributed by atoms with E-state index in [1.165, 1.54) is 128 Å². The maximum Gasteiger partial charge on any atom is 0.472 e. The summed E-state index contributed by atoms with van der Waals surface area (Å²) in [6.45, 7) is 4.78. The zero-order valence-electron chi connectivity index (χ0n) is 66.2. The summed E-state index contributed by atoms with van der Waals surface area (Å²) in [5, 5.41) is 10.7. The lowest BCUT2D eigenvalue weighted by molar-refractivity contribution is -0.161. The first-order valence-corrected chi connectivity index (χ1v) is 44.8. The molecule has 0 aliphatic carbocycles. The number of carbonyl (C=O) groups excluding carboxylic acids is 4. The number of phosphoric acid groups is 2. The van der Waals surface area contributed by atoms with Gasteiger partial charge in [0.05, 0.1) is 26.4 Å². The average molecular weight is 1510 g/mol. The lowest BCUT2D eigenvalue weighted by Crippen LogP contribution is -2.30. The van der Waals surface area contributed by atoms with Crippen LogP contribution in [0.4, 0.5) is 0 Å². The smallest absolute Gasteiger partial charge is 0.462 e. The molecular weight excluding hydrogens is 1350 g/mol. The minimum Gasteiger partial charge on any atom is -0.462 e. The fourth-order valence-corrected chi connectivity index (χ4v) is 13.1. The molecular formula is C85H152O17P2. The highest BCUT2D eigenvalue weighted by molar-refractivity contribution is 7.47. The summed E-state index contributed by atoms with van der Waals surface area (Å²) in [5.74, 6) is -2.17. The van der Waals surface area contributed by atoms with E-state index in [1.54, 1.807) is 0 Å². The molecule has 0 aromatic rings. The van der Waals surface area contributed by atoms with E-state index in [2.05, 4.69) is 113 Å². The number of esters is 4. The summed E-state index contributed by atoms with van der Waals surface area (Å²) in [5.41, 5.74) is 0. The van der Waals surface area contributed by atoms with Crippen LogP contribution in [0.3, 0.4) is 0 Å². The zero-order valence-corrected chi connectivity index (χ0v) is 68.0. The summed E-state index contributed by atoms with van der Waals surface area (Å²) in [4.78, 5) is 73.1. The fraction of sp³-hybridized carbons (Fsp3) is 0.788. The highest BCUT2D eigenvalue weighted by atomic mass is 31.2. The Morgan fingerprint density at radius 2 is 0.500 bits per heavy atom. The van der Waals surface area contributed by atoms with Gasteiger partial charge in [0.15, 0.2) is 12.2 Å². The standard InChI is InChI=1S/C85H152O17P2/c1-5-9-13-17-21-25-29-33-35-37-39-41-43-47-50-54-58-62-66-70-83(88)96-76-81(102-85(90)72-68-64-60-56-52-48-44-42-40-38-36-34-30-26-22-18-14-10-6-2)78-100-104(93,94)98-74-79(86)73-97-103(91,92)99-77-80(101-84(89)71-67-63-59-55-51-46-32-28-24-20-16-12-8-4)75-95-82(87)69-65-61-57-53-49-45-31-27-23-19-15-11-7-3/h9,13,21-22,25-26,33-36,39-42,79-81,86H,5-8,10-12,14-20,23-24,27-32,37-38,43-78H2,1-4H3,(H,91,92)(H,93,94)/b13-9-,25-21-,26-22-,35-33-,36-34-,41-39-,42-40-. The van der Waals surface area contributed by atoms with Gasteiger partial charge in [-0.2, -0.15) is 0 Å². The van der Waals surface area contributed by atoms with Gasteiger partial charge in [0.25, 0.3) is 0 Å². The number of aliphatic hydroxyl groups excluding tert-OH is 1. The summed E-state index contributed by atoms with van der Waals surface area (Å²) in [7, 11) is -9.95. The van der Waals surface area contributed by atoms with Crippen molar-refractivity contribution < 1.29 is 80.2 Å². The van der Waals surface area contributed by atoms with Gasteiger partial charge >= 0.3 is 39.5 Å². The van der Waals surface area contributed by atoms with Crippen LogP contribution in [-0.4, -0.2) is 96.7 Å². The van der Waals surface area contributed by atoms with Gasteiger partial charge in [0, 0.05) is 25.7 Å². The molecule has 0 radical (unpaired) electrons. The van der Waals surface area contributed by atoms with Gasteiger partial charge in [-0.25, -0.2) is 9.13 Å². The summed E-state index contributed by atoms with van der Waals surface area (Å²) < 4.78 is 68.7. The number of ether oxygens (including phenoxy) is 4. The van der Waals surface area contributed by atoms with E-state index in [0.29, 0.717) is 25.7 Å². The van der Waals surface area contributed by atoms with Crippen molar-refractivity contribution in [3.05, 3.63) is 85.1 Å². The third kappa shape index (κ3) is 76.4. The Labute approximate surface area is 634 Å². The lowest BCUT2D eigenvalue weighted by Gasteiger charge is -2.21. The third-order valence-corrected chi connectivity index (χ3v) is 19.8. The highest BCUT2D eigenvalue weighted by Crippen LogP contribution is 2.45. The van der Waals surface area contributed by atoms with Gasteiger partial charge in [0.2, 0.25) is 0 Å². The number of hydrogen-bond acceptors (Lipinski definition) is 15. The largest absolute Gasteiger partial charge is 0.472 e. The lowest BCUT2D eigenvalue weighted by atomic mass is 10.0. The quantitative estimate of drug-likeness (QED) is 0.0169. The topological polar surface area (TPSA) is 237 Å². The van der Waals surface area contributed by atoms with E-state index < -0.39 is 97.5 Å². The number of unbranched alkanes of at least 4 members (excludes halogenated alkanes) is 39. The van der Waals surface area contributed by atoms with E-state index in [0.717, 1.165) is 167 Å². The predicted molar refractivity (Wildman–Crippen MR) is 427 cm³/mol. The van der Waals surface area contributed by atoms with E-state index in [1.807, 2.05) is 0 Å². The minimum atomic E-state index is -4.98. The molecule has 0 saturated heterocycles. The molecule has 0 aromatic carbocycles. The number of carbonyl (C=O) groups is 4. The first-order chi connectivity index (χ1) is 50.7. The first-order valence-electron chi connectivity index (χ1n) is 41.8. The van der Waals surface area contributed by atoms with Crippen LogP contribution < -0.4 is 0 Å². The normalized spacial score (nSPS) is 14.3. The summed E-state index contributed by atoms with van der Waals surface area (Å²) >= 11 is 0. The SMILES string of the molecule is CC/C=C\C/C=C\C/C=C\C/C=C\CCCCCCCCC(=O)OCC(COP(=O)(O)OCC(O)COP(=O)(O)OCC(COC(=O)CCCCCCCCCCCCCCC)OC(=O)CCCCCCCCCCCCCCC)OC(=O)CCCCCCCC/C=C\C/C=C\C/C=C\CCCCC. The van der Waals surface area contributed by atoms with Crippen LogP contribution in [0.5, 0.6) is 0 Å². The van der Waals surface area contributed by atoms with Crippen LogP contribution in [0.2, 0.25) is 0 Å². The third-order valence-electron chi connectivity index (χ3n) is 17.9. The van der Waals surface area contributed by atoms with E-state index in [9.17, 15) is 43.2 Å². The van der Waals surface area contributed by atoms with Gasteiger partial charge in [-0.15, -0.1) is 0 Å². The zero-order chi connectivity index (χ0) is 76.0. The maximum atomic E-state index is 13.1. The number of rotatable bonds is 79. The van der Waals surface area contributed by atoms with Crippen molar-refractivity contribution in [1.29, 1.82) is 0 Å². The van der Waals surface area contributed by atoms with Crippen molar-refractivity contribution in [2.75, 3.05) is 39.6 Å². The van der Waals surface area contributed by atoms with Crippen LogP contribution in [0.1, 0.15) is 374 Å². The highest BCUT2D eigenvalue weighted by Gasteiger charge is 2.30. The van der Waals surface area contributed by atoms with Crippen molar-refractivity contribution in [2.45, 2.75) is 393 Å².